The van der Waals surface area contributed by atoms with Crippen molar-refractivity contribution in [3.8, 4) is 11.3 Å². The SMILES string of the molecule is CCOC1CC(NC(=O)c2cc(-c3ccc(Br)cc3)n[nH]2)C1OC. The van der Waals surface area contributed by atoms with Crippen LogP contribution in [0.2, 0.25) is 0 Å². The van der Waals surface area contributed by atoms with E-state index in [-0.39, 0.29) is 24.2 Å². The third kappa shape index (κ3) is 3.53. The summed E-state index contributed by atoms with van der Waals surface area (Å²) in [5.74, 6) is -0.187. The number of nitrogens with one attached hydrogen (secondary N) is 2. The van der Waals surface area contributed by atoms with Gasteiger partial charge in [0.15, 0.2) is 0 Å². The molecule has 128 valence electrons. The van der Waals surface area contributed by atoms with Crippen molar-refractivity contribution in [1.82, 2.24) is 15.5 Å². The van der Waals surface area contributed by atoms with E-state index in [9.17, 15) is 4.79 Å². The zero-order valence-electron chi connectivity index (χ0n) is 13.6. The molecule has 1 fully saturated rings. The number of ether oxygens (including phenoxy) is 2. The highest BCUT2D eigenvalue weighted by atomic mass is 79.9. The molecule has 3 unspecified atom stereocenters. The van der Waals surface area contributed by atoms with Crippen molar-refractivity contribution < 1.29 is 14.3 Å². The van der Waals surface area contributed by atoms with Gasteiger partial charge in [-0.2, -0.15) is 5.10 Å². The lowest BCUT2D eigenvalue weighted by molar-refractivity contribution is -0.128. The number of carbonyl (C=O) groups excluding carboxylic acids is 1. The van der Waals surface area contributed by atoms with Gasteiger partial charge in [0.25, 0.3) is 5.91 Å². The first kappa shape index (κ1) is 17.1. The second-order valence-corrected chi connectivity index (χ2v) is 6.60. The molecule has 0 aliphatic heterocycles. The molecule has 1 aromatic carbocycles. The van der Waals surface area contributed by atoms with Crippen molar-refractivity contribution in [2.24, 2.45) is 0 Å². The van der Waals surface area contributed by atoms with Crippen molar-refractivity contribution in [2.75, 3.05) is 13.7 Å². The fourth-order valence-corrected chi connectivity index (χ4v) is 3.13. The lowest BCUT2D eigenvalue weighted by Crippen LogP contribution is -2.61. The van der Waals surface area contributed by atoms with Crippen LogP contribution >= 0.6 is 15.9 Å². The van der Waals surface area contributed by atoms with Crippen LogP contribution in [0.3, 0.4) is 0 Å². The smallest absolute Gasteiger partial charge is 0.269 e. The molecule has 3 atom stereocenters. The Balaban J connectivity index is 1.63. The van der Waals surface area contributed by atoms with Crippen LogP contribution in [-0.4, -0.2) is 48.1 Å². The quantitative estimate of drug-likeness (QED) is 0.790. The Bertz CT molecular complexity index is 701. The fourth-order valence-electron chi connectivity index (χ4n) is 2.87. The molecule has 1 heterocycles. The predicted octanol–water partition coefficient (Wildman–Crippen LogP) is 2.76. The second-order valence-electron chi connectivity index (χ2n) is 5.68. The van der Waals surface area contributed by atoms with E-state index >= 15 is 0 Å². The first-order chi connectivity index (χ1) is 11.6. The Kier molecular flexibility index (Phi) is 5.33. The van der Waals surface area contributed by atoms with Gasteiger partial charge in [-0.05, 0) is 31.5 Å². The molecule has 2 N–H and O–H groups in total. The molecule has 0 spiro atoms. The number of halogens is 1. The van der Waals surface area contributed by atoms with Gasteiger partial charge in [-0.15, -0.1) is 0 Å². The standard InChI is InChI=1S/C17H20BrN3O3/c1-3-24-15-9-13(16(15)23-2)19-17(22)14-8-12(20-21-14)10-4-6-11(18)7-5-10/h4-8,13,15-16H,3,9H2,1-2H3,(H,19,22)(H,20,21). The first-order valence-corrected chi connectivity index (χ1v) is 8.68. The number of benzene rings is 1. The first-order valence-electron chi connectivity index (χ1n) is 7.89. The van der Waals surface area contributed by atoms with E-state index < -0.39 is 0 Å². The van der Waals surface area contributed by atoms with Crippen LogP contribution < -0.4 is 5.32 Å². The van der Waals surface area contributed by atoms with Gasteiger partial charge in [0.1, 0.15) is 11.8 Å². The van der Waals surface area contributed by atoms with Crippen molar-refractivity contribution in [1.29, 1.82) is 0 Å². The topological polar surface area (TPSA) is 76.2 Å². The maximum absolute atomic E-state index is 12.4. The molecule has 3 rings (SSSR count). The second kappa shape index (κ2) is 7.46. The van der Waals surface area contributed by atoms with Gasteiger partial charge in [-0.1, -0.05) is 28.1 Å². The molecule has 7 heteroatoms. The molecule has 1 aromatic heterocycles. The molecule has 6 nitrogen and oxygen atoms in total. The molecule has 1 saturated carbocycles. The van der Waals surface area contributed by atoms with E-state index in [1.54, 1.807) is 13.2 Å². The summed E-state index contributed by atoms with van der Waals surface area (Å²) < 4.78 is 12.0. The van der Waals surface area contributed by atoms with E-state index in [2.05, 4.69) is 31.4 Å². The maximum atomic E-state index is 12.4. The van der Waals surface area contributed by atoms with Gasteiger partial charge in [0, 0.05) is 23.8 Å². The van der Waals surface area contributed by atoms with Crippen LogP contribution in [0.5, 0.6) is 0 Å². The highest BCUT2D eigenvalue weighted by Gasteiger charge is 2.43. The van der Waals surface area contributed by atoms with E-state index in [4.69, 9.17) is 9.47 Å². The number of nitrogens with zero attached hydrogens (tertiary/aromatic N) is 1. The van der Waals surface area contributed by atoms with Crippen molar-refractivity contribution in [2.45, 2.75) is 31.6 Å². The molecule has 1 amide bonds. The summed E-state index contributed by atoms with van der Waals surface area (Å²) in [6.07, 6.45) is 0.694. The molecule has 2 aromatic rings. The monoisotopic (exact) mass is 393 g/mol. The van der Waals surface area contributed by atoms with Crippen LogP contribution in [0.1, 0.15) is 23.8 Å². The summed E-state index contributed by atoms with van der Waals surface area (Å²) in [5.41, 5.74) is 2.11. The van der Waals surface area contributed by atoms with Crippen LogP contribution in [-0.2, 0) is 9.47 Å². The summed E-state index contributed by atoms with van der Waals surface area (Å²) in [6, 6.07) is 9.48. The van der Waals surface area contributed by atoms with Crippen LogP contribution in [0.4, 0.5) is 0 Å². The van der Waals surface area contributed by atoms with Crippen LogP contribution in [0, 0.1) is 0 Å². The molecule has 1 aliphatic carbocycles. The third-order valence-corrected chi connectivity index (χ3v) is 4.71. The Hall–Kier alpha value is -1.70. The number of methoxy groups -OCH3 is 1. The number of rotatable bonds is 6. The highest BCUT2D eigenvalue weighted by Crippen LogP contribution is 2.27. The van der Waals surface area contributed by atoms with Gasteiger partial charge in [0.2, 0.25) is 0 Å². The molecule has 0 bridgehead atoms. The zero-order chi connectivity index (χ0) is 17.1. The van der Waals surface area contributed by atoms with Gasteiger partial charge < -0.3 is 14.8 Å². The van der Waals surface area contributed by atoms with Crippen molar-refractivity contribution in [3.05, 3.63) is 40.5 Å². The number of H-pyrrole nitrogens is 1. The lowest BCUT2D eigenvalue weighted by Gasteiger charge is -2.43. The summed E-state index contributed by atoms with van der Waals surface area (Å²) >= 11 is 3.40. The van der Waals surface area contributed by atoms with E-state index in [1.165, 1.54) is 0 Å². The Morgan fingerprint density at radius 2 is 2.17 bits per heavy atom. The molecular weight excluding hydrogens is 374 g/mol. The number of aromatic amines is 1. The third-order valence-electron chi connectivity index (χ3n) is 4.18. The Morgan fingerprint density at radius 1 is 1.42 bits per heavy atom. The molecule has 0 saturated heterocycles. The molecule has 0 radical (unpaired) electrons. The number of hydrogen-bond donors (Lipinski definition) is 2. The average molecular weight is 394 g/mol. The van der Waals surface area contributed by atoms with E-state index in [1.807, 2.05) is 31.2 Å². The van der Waals surface area contributed by atoms with Gasteiger partial charge in [0.05, 0.1) is 17.8 Å². The Morgan fingerprint density at radius 3 is 2.83 bits per heavy atom. The number of aromatic nitrogens is 2. The predicted molar refractivity (Wildman–Crippen MR) is 93.8 cm³/mol. The highest BCUT2D eigenvalue weighted by molar-refractivity contribution is 9.10. The summed E-state index contributed by atoms with van der Waals surface area (Å²) in [5, 5.41) is 9.98. The minimum atomic E-state index is -0.187. The molecule has 24 heavy (non-hydrogen) atoms. The minimum absolute atomic E-state index is 0.0431. The number of carbonyl (C=O) groups is 1. The fraction of sp³-hybridized carbons (Fsp3) is 0.412. The summed E-state index contributed by atoms with van der Waals surface area (Å²) in [7, 11) is 1.64. The molecular formula is C17H20BrN3O3. The van der Waals surface area contributed by atoms with E-state index in [0.717, 1.165) is 22.2 Å². The Labute approximate surface area is 149 Å². The van der Waals surface area contributed by atoms with E-state index in [0.29, 0.717) is 12.3 Å². The largest absolute Gasteiger partial charge is 0.377 e. The van der Waals surface area contributed by atoms with Gasteiger partial charge in [-0.3, -0.25) is 9.89 Å². The summed E-state index contributed by atoms with van der Waals surface area (Å²) in [4.78, 5) is 12.4. The average Bonchev–Trinajstić information content (AvgIpc) is 3.04. The van der Waals surface area contributed by atoms with Gasteiger partial charge >= 0.3 is 0 Å². The molecule has 1 aliphatic rings. The number of amides is 1. The lowest BCUT2D eigenvalue weighted by atomic mass is 9.85. The minimum Gasteiger partial charge on any atom is -0.377 e. The zero-order valence-corrected chi connectivity index (χ0v) is 15.2. The van der Waals surface area contributed by atoms with Crippen LogP contribution in [0.15, 0.2) is 34.8 Å². The van der Waals surface area contributed by atoms with Crippen molar-refractivity contribution in [3.63, 3.8) is 0 Å². The number of hydrogen-bond acceptors (Lipinski definition) is 4. The van der Waals surface area contributed by atoms with Crippen LogP contribution in [0.25, 0.3) is 11.3 Å². The maximum Gasteiger partial charge on any atom is 0.269 e. The normalized spacial score (nSPS) is 22.9. The van der Waals surface area contributed by atoms with Crippen molar-refractivity contribution >= 4 is 21.8 Å². The summed E-state index contributed by atoms with van der Waals surface area (Å²) in [6.45, 7) is 2.59. The van der Waals surface area contributed by atoms with Gasteiger partial charge in [-0.25, -0.2) is 0 Å².